The van der Waals surface area contributed by atoms with Gasteiger partial charge in [-0.2, -0.15) is 0 Å². The number of alkyl halides is 2. The van der Waals surface area contributed by atoms with Crippen LogP contribution >= 0.6 is 0 Å². The third-order valence-corrected chi connectivity index (χ3v) is 2.18. The van der Waals surface area contributed by atoms with E-state index in [0.717, 1.165) is 0 Å². The minimum absolute atomic E-state index is 0.310. The van der Waals surface area contributed by atoms with Crippen molar-refractivity contribution in [2.45, 2.75) is 24.8 Å². The van der Waals surface area contributed by atoms with Crippen molar-refractivity contribution in [1.82, 2.24) is 0 Å². The number of esters is 1. The van der Waals surface area contributed by atoms with Gasteiger partial charge in [0.1, 0.15) is 5.54 Å². The summed E-state index contributed by atoms with van der Waals surface area (Å²) in [5.74, 6) is -1.00. The van der Waals surface area contributed by atoms with Crippen LogP contribution in [0.3, 0.4) is 0 Å². The highest BCUT2D eigenvalue weighted by molar-refractivity contribution is 5.84. The summed E-state index contributed by atoms with van der Waals surface area (Å²) in [6.45, 7) is 0. The second-order valence-corrected chi connectivity index (χ2v) is 3.06. The molecule has 1 saturated carbocycles. The average molecular weight is 179 g/mol. The van der Waals surface area contributed by atoms with Crippen LogP contribution in [0.25, 0.3) is 0 Å². The molecule has 0 aromatic heterocycles. The number of methoxy groups -OCH3 is 1. The van der Waals surface area contributed by atoms with Crippen LogP contribution in [0, 0.1) is 5.92 Å². The molecular formula is C7H11F2NO2. The summed E-state index contributed by atoms with van der Waals surface area (Å²) in [6.07, 6.45) is -2.40. The molecule has 0 aromatic rings. The van der Waals surface area contributed by atoms with E-state index in [9.17, 15) is 13.6 Å². The Hall–Kier alpha value is -0.710. The van der Waals surface area contributed by atoms with Crippen LogP contribution in [0.15, 0.2) is 0 Å². The Morgan fingerprint density at radius 1 is 1.83 bits per heavy atom. The molecule has 0 amide bonds. The summed E-state index contributed by atoms with van der Waals surface area (Å²) < 4.78 is 28.0. The number of rotatable bonds is 3. The summed E-state index contributed by atoms with van der Waals surface area (Å²) in [7, 11) is 1.20. The molecule has 0 radical (unpaired) electrons. The predicted octanol–water partition coefficient (Wildman–Crippen LogP) is 0.532. The van der Waals surface area contributed by atoms with E-state index in [-0.39, 0.29) is 6.42 Å². The van der Waals surface area contributed by atoms with Crippen LogP contribution in [-0.2, 0) is 9.53 Å². The lowest BCUT2D eigenvalue weighted by atomic mass is 10.2. The van der Waals surface area contributed by atoms with Crippen LogP contribution in [0.2, 0.25) is 0 Å². The molecule has 12 heavy (non-hydrogen) atoms. The molecule has 0 aromatic carbocycles. The number of hydrogen-bond acceptors (Lipinski definition) is 3. The third kappa shape index (κ3) is 1.55. The molecule has 5 heteroatoms. The first-order chi connectivity index (χ1) is 5.50. The number of carbonyl (C=O) groups is 1. The fourth-order valence-electron chi connectivity index (χ4n) is 1.30. The van der Waals surface area contributed by atoms with Crippen molar-refractivity contribution in [3.63, 3.8) is 0 Å². The molecule has 2 N–H and O–H groups in total. The second-order valence-electron chi connectivity index (χ2n) is 3.06. The zero-order valence-corrected chi connectivity index (χ0v) is 6.72. The first-order valence-corrected chi connectivity index (χ1v) is 3.66. The fourth-order valence-corrected chi connectivity index (χ4v) is 1.30. The van der Waals surface area contributed by atoms with Gasteiger partial charge in [-0.3, -0.25) is 4.79 Å². The van der Waals surface area contributed by atoms with Gasteiger partial charge >= 0.3 is 5.97 Å². The number of carbonyl (C=O) groups excluding carboxylic acids is 1. The maximum atomic E-state index is 11.8. The largest absolute Gasteiger partial charge is 0.468 e. The minimum atomic E-state index is -2.40. The Balaban J connectivity index is 2.43. The van der Waals surface area contributed by atoms with Crippen LogP contribution < -0.4 is 5.73 Å². The molecule has 0 unspecified atom stereocenters. The number of nitrogens with two attached hydrogens (primary N) is 1. The van der Waals surface area contributed by atoms with Gasteiger partial charge in [0.05, 0.1) is 7.11 Å². The van der Waals surface area contributed by atoms with Crippen molar-refractivity contribution in [1.29, 1.82) is 0 Å². The maximum Gasteiger partial charge on any atom is 0.326 e. The summed E-state index contributed by atoms with van der Waals surface area (Å²) in [5.41, 5.74) is 4.35. The summed E-state index contributed by atoms with van der Waals surface area (Å²) in [4.78, 5) is 10.9. The monoisotopic (exact) mass is 179 g/mol. The van der Waals surface area contributed by atoms with Gasteiger partial charge in [-0.15, -0.1) is 0 Å². The normalized spacial score (nSPS) is 33.6. The molecule has 2 atom stereocenters. The lowest BCUT2D eigenvalue weighted by Crippen LogP contribution is -2.36. The highest BCUT2D eigenvalue weighted by atomic mass is 19.3. The first kappa shape index (κ1) is 9.38. The van der Waals surface area contributed by atoms with Crippen molar-refractivity contribution in [2.75, 3.05) is 7.11 Å². The van der Waals surface area contributed by atoms with Gasteiger partial charge in [0.25, 0.3) is 0 Å². The lowest BCUT2D eigenvalue weighted by Gasteiger charge is -2.07. The molecule has 1 rings (SSSR count). The van der Waals surface area contributed by atoms with Gasteiger partial charge in [0.2, 0.25) is 6.43 Å². The average Bonchev–Trinajstić information content (AvgIpc) is 2.60. The van der Waals surface area contributed by atoms with Crippen LogP contribution in [0.1, 0.15) is 12.8 Å². The van der Waals surface area contributed by atoms with Crippen LogP contribution in [0.4, 0.5) is 8.78 Å². The summed E-state index contributed by atoms with van der Waals surface area (Å²) >= 11 is 0. The predicted molar refractivity (Wildman–Crippen MR) is 37.7 cm³/mol. The molecule has 0 saturated heterocycles. The van der Waals surface area contributed by atoms with Crippen molar-refractivity contribution in [3.05, 3.63) is 0 Å². The summed E-state index contributed by atoms with van der Waals surface area (Å²) in [6, 6.07) is 0. The molecule has 1 aliphatic rings. The first-order valence-electron chi connectivity index (χ1n) is 3.66. The third-order valence-electron chi connectivity index (χ3n) is 2.18. The van der Waals surface area contributed by atoms with E-state index in [1.54, 1.807) is 0 Å². The molecule has 1 aliphatic carbocycles. The van der Waals surface area contributed by atoms with Crippen LogP contribution in [-0.4, -0.2) is 25.0 Å². The standard InChI is InChI=1S/C7H11F2NO2/c1-12-6(11)7(10)3-4(7)2-5(8)9/h4-5H,2-3,10H2,1H3/t4-,7-/m1/s1. The fraction of sp³-hybridized carbons (Fsp3) is 0.857. The van der Waals surface area contributed by atoms with Gasteiger partial charge < -0.3 is 10.5 Å². The second kappa shape index (κ2) is 2.97. The smallest absolute Gasteiger partial charge is 0.326 e. The van der Waals surface area contributed by atoms with E-state index < -0.39 is 23.9 Å². The highest BCUT2D eigenvalue weighted by Crippen LogP contribution is 2.45. The highest BCUT2D eigenvalue weighted by Gasteiger charge is 2.58. The van der Waals surface area contributed by atoms with Crippen molar-refractivity contribution in [3.8, 4) is 0 Å². The Morgan fingerprint density at radius 2 is 2.42 bits per heavy atom. The zero-order chi connectivity index (χ0) is 9.35. The van der Waals surface area contributed by atoms with E-state index >= 15 is 0 Å². The zero-order valence-electron chi connectivity index (χ0n) is 6.72. The van der Waals surface area contributed by atoms with Crippen LogP contribution in [0.5, 0.6) is 0 Å². The Kier molecular flexibility index (Phi) is 2.32. The molecular weight excluding hydrogens is 168 g/mol. The van der Waals surface area contributed by atoms with Crippen molar-refractivity contribution in [2.24, 2.45) is 11.7 Å². The quantitative estimate of drug-likeness (QED) is 0.643. The van der Waals surface area contributed by atoms with Crippen molar-refractivity contribution >= 4 is 5.97 Å². The Morgan fingerprint density at radius 3 is 2.83 bits per heavy atom. The maximum absolute atomic E-state index is 11.8. The molecule has 1 fully saturated rings. The number of halogens is 2. The Bertz CT molecular complexity index is 198. The van der Waals surface area contributed by atoms with E-state index in [1.165, 1.54) is 7.11 Å². The molecule has 0 bridgehead atoms. The number of ether oxygens (including phenoxy) is 1. The lowest BCUT2D eigenvalue weighted by molar-refractivity contribution is -0.143. The van der Waals surface area contributed by atoms with E-state index in [2.05, 4.69) is 4.74 Å². The van der Waals surface area contributed by atoms with Gasteiger partial charge in [-0.1, -0.05) is 0 Å². The molecule has 0 aliphatic heterocycles. The Labute approximate surface area is 68.9 Å². The number of hydrogen-bond donors (Lipinski definition) is 1. The molecule has 0 heterocycles. The molecule has 3 nitrogen and oxygen atoms in total. The van der Waals surface area contributed by atoms with E-state index in [1.807, 2.05) is 0 Å². The summed E-state index contributed by atoms with van der Waals surface area (Å²) in [5, 5.41) is 0. The van der Waals surface area contributed by atoms with Gasteiger partial charge in [-0.25, -0.2) is 8.78 Å². The van der Waals surface area contributed by atoms with E-state index in [0.29, 0.717) is 6.42 Å². The van der Waals surface area contributed by atoms with Crippen molar-refractivity contribution < 1.29 is 18.3 Å². The van der Waals surface area contributed by atoms with Gasteiger partial charge in [0, 0.05) is 6.42 Å². The topological polar surface area (TPSA) is 52.3 Å². The minimum Gasteiger partial charge on any atom is -0.468 e. The SMILES string of the molecule is COC(=O)[C@@]1(N)C[C@H]1CC(F)F. The van der Waals surface area contributed by atoms with E-state index in [4.69, 9.17) is 5.73 Å². The molecule has 0 spiro atoms. The molecule has 70 valence electrons. The van der Waals surface area contributed by atoms with Gasteiger partial charge in [0.15, 0.2) is 0 Å². The van der Waals surface area contributed by atoms with Gasteiger partial charge in [-0.05, 0) is 12.3 Å².